The number of terminal acetylenes is 1. The summed E-state index contributed by atoms with van der Waals surface area (Å²) in [6, 6.07) is 5.17. The zero-order valence-electron chi connectivity index (χ0n) is 20.7. The third kappa shape index (κ3) is 9.01. The average molecular weight is 476 g/mol. The monoisotopic (exact) mass is 475 g/mol. The molecule has 0 radical (unpaired) electrons. The van der Waals surface area contributed by atoms with Gasteiger partial charge in [0, 0.05) is 18.2 Å². The summed E-state index contributed by atoms with van der Waals surface area (Å²) in [5.74, 6) is 2.56. The minimum Gasteiger partial charge on any atom is -0.444 e. The fourth-order valence-corrected chi connectivity index (χ4v) is 3.76. The second-order valence-electron chi connectivity index (χ2n) is 8.90. The first-order chi connectivity index (χ1) is 15.4. The largest absolute Gasteiger partial charge is 0.444 e. The highest BCUT2D eigenvalue weighted by Gasteiger charge is 2.36. The first-order valence-corrected chi connectivity index (χ1v) is 12.5. The number of alkyl carbamates (subject to hydrolysis) is 1. The van der Waals surface area contributed by atoms with E-state index in [9.17, 15) is 14.4 Å². The van der Waals surface area contributed by atoms with Crippen LogP contribution in [-0.4, -0.2) is 59.0 Å². The number of carbonyl (C=O) groups excluding carboxylic acids is 3. The van der Waals surface area contributed by atoms with E-state index in [4.69, 9.17) is 11.2 Å². The zero-order chi connectivity index (χ0) is 25.2. The summed E-state index contributed by atoms with van der Waals surface area (Å²) in [5, 5.41) is 5.60. The van der Waals surface area contributed by atoms with Crippen LogP contribution in [0.15, 0.2) is 24.3 Å². The van der Waals surface area contributed by atoms with Gasteiger partial charge in [0.2, 0.25) is 11.8 Å². The van der Waals surface area contributed by atoms with Gasteiger partial charge in [-0.1, -0.05) is 24.1 Å². The first kappa shape index (κ1) is 28.4. The van der Waals surface area contributed by atoms with Crippen molar-refractivity contribution < 1.29 is 19.1 Å². The van der Waals surface area contributed by atoms with Gasteiger partial charge in [-0.15, -0.1) is 6.42 Å². The van der Waals surface area contributed by atoms with Crippen LogP contribution in [-0.2, 0) is 14.3 Å². The normalized spacial score (nSPS) is 12.9. The van der Waals surface area contributed by atoms with Crippen LogP contribution in [0.2, 0.25) is 0 Å². The summed E-state index contributed by atoms with van der Waals surface area (Å²) in [6.45, 7) is 11.0. The van der Waals surface area contributed by atoms with Crippen LogP contribution >= 0.6 is 11.8 Å². The molecule has 0 saturated carbocycles. The maximum Gasteiger partial charge on any atom is 0.408 e. The summed E-state index contributed by atoms with van der Waals surface area (Å²) < 4.78 is 5.36. The Kier molecular flexibility index (Phi) is 11.3. The number of hydrogen-bond donors (Lipinski definition) is 2. The van der Waals surface area contributed by atoms with Crippen molar-refractivity contribution in [3.63, 3.8) is 0 Å². The van der Waals surface area contributed by atoms with Crippen molar-refractivity contribution in [1.29, 1.82) is 0 Å². The molecule has 1 rings (SSSR count). The van der Waals surface area contributed by atoms with Crippen molar-refractivity contribution in [1.82, 2.24) is 15.5 Å². The van der Waals surface area contributed by atoms with Gasteiger partial charge in [-0.25, -0.2) is 4.79 Å². The van der Waals surface area contributed by atoms with Crippen LogP contribution < -0.4 is 10.6 Å². The van der Waals surface area contributed by atoms with Gasteiger partial charge in [0.1, 0.15) is 17.7 Å². The SMILES string of the molecule is C#Cc1ccccc1C(C(=O)NC(C)C)N(CC)C(=O)C(CCSC)NC(=O)OC(C)(C)C. The van der Waals surface area contributed by atoms with Crippen molar-refractivity contribution >= 4 is 29.7 Å². The van der Waals surface area contributed by atoms with Crippen LogP contribution in [0.4, 0.5) is 4.79 Å². The number of thioether (sulfide) groups is 1. The number of nitrogens with one attached hydrogen (secondary N) is 2. The number of ether oxygens (including phenoxy) is 1. The highest BCUT2D eigenvalue weighted by Crippen LogP contribution is 2.26. The molecule has 2 N–H and O–H groups in total. The van der Waals surface area contributed by atoms with Crippen molar-refractivity contribution in [2.24, 2.45) is 0 Å². The third-order valence-electron chi connectivity index (χ3n) is 4.63. The standard InChI is InChI=1S/C25H37N3O4S/c1-9-18-13-11-12-14-19(18)21(22(29)26-17(3)4)28(10-2)23(30)20(15-16-33-8)27-24(31)32-25(5,6)7/h1,11-14,17,20-21H,10,15-16H2,2-8H3,(H,26,29)(H,27,31). The Morgan fingerprint density at radius 1 is 1.18 bits per heavy atom. The lowest BCUT2D eigenvalue weighted by molar-refractivity contribution is -0.142. The minimum absolute atomic E-state index is 0.126. The number of carbonyl (C=O) groups is 3. The molecule has 1 aromatic rings. The van der Waals surface area contributed by atoms with E-state index in [1.165, 1.54) is 4.90 Å². The van der Waals surface area contributed by atoms with Crippen molar-refractivity contribution in [3.05, 3.63) is 35.4 Å². The van der Waals surface area contributed by atoms with E-state index in [0.29, 0.717) is 23.3 Å². The van der Waals surface area contributed by atoms with Gasteiger partial charge >= 0.3 is 6.09 Å². The van der Waals surface area contributed by atoms with E-state index in [2.05, 4.69) is 16.6 Å². The molecular formula is C25H37N3O4S. The number of nitrogens with zero attached hydrogens (tertiary/aromatic N) is 1. The van der Waals surface area contributed by atoms with Crippen LogP contribution in [0.1, 0.15) is 65.1 Å². The first-order valence-electron chi connectivity index (χ1n) is 11.1. The molecular weight excluding hydrogens is 438 g/mol. The highest BCUT2D eigenvalue weighted by molar-refractivity contribution is 7.98. The summed E-state index contributed by atoms with van der Waals surface area (Å²) in [6.07, 6.45) is 7.34. The predicted molar refractivity (Wildman–Crippen MR) is 134 cm³/mol. The van der Waals surface area contributed by atoms with Crippen LogP contribution in [0, 0.1) is 12.3 Å². The van der Waals surface area contributed by atoms with Crippen LogP contribution in [0.25, 0.3) is 0 Å². The van der Waals surface area contributed by atoms with Gasteiger partial charge < -0.3 is 20.3 Å². The average Bonchev–Trinajstić information content (AvgIpc) is 2.72. The van der Waals surface area contributed by atoms with Gasteiger partial charge in [-0.3, -0.25) is 9.59 Å². The maximum atomic E-state index is 13.7. The summed E-state index contributed by atoms with van der Waals surface area (Å²) in [4.78, 5) is 40.9. The molecule has 8 heteroatoms. The van der Waals surface area contributed by atoms with Gasteiger partial charge in [-0.05, 0) is 71.6 Å². The smallest absolute Gasteiger partial charge is 0.408 e. The molecule has 0 aliphatic rings. The molecule has 2 unspecified atom stereocenters. The molecule has 0 saturated heterocycles. The van der Waals surface area contributed by atoms with Gasteiger partial charge in [0.05, 0.1) is 0 Å². The molecule has 0 heterocycles. The Labute approximate surface area is 202 Å². The number of benzene rings is 1. The molecule has 0 aliphatic carbocycles. The number of amides is 3. The lowest BCUT2D eigenvalue weighted by atomic mass is 9.97. The quantitative estimate of drug-likeness (QED) is 0.504. The van der Waals surface area contributed by atoms with E-state index in [1.807, 2.05) is 20.1 Å². The second-order valence-corrected chi connectivity index (χ2v) is 9.89. The molecule has 7 nitrogen and oxygen atoms in total. The molecule has 0 aliphatic heterocycles. The molecule has 1 aromatic carbocycles. The Morgan fingerprint density at radius 2 is 1.82 bits per heavy atom. The van der Waals surface area contributed by atoms with Gasteiger partial charge in [0.15, 0.2) is 0 Å². The second kappa shape index (κ2) is 13.1. The van der Waals surface area contributed by atoms with E-state index >= 15 is 0 Å². The molecule has 0 fully saturated rings. The summed E-state index contributed by atoms with van der Waals surface area (Å²) >= 11 is 1.56. The van der Waals surface area contributed by atoms with Crippen LogP contribution in [0.5, 0.6) is 0 Å². The summed E-state index contributed by atoms with van der Waals surface area (Å²) in [7, 11) is 0. The number of rotatable bonds is 10. The fourth-order valence-electron chi connectivity index (χ4n) is 3.29. The topological polar surface area (TPSA) is 87.7 Å². The minimum atomic E-state index is -0.936. The molecule has 33 heavy (non-hydrogen) atoms. The highest BCUT2D eigenvalue weighted by atomic mass is 32.2. The summed E-state index contributed by atoms with van der Waals surface area (Å²) in [5.41, 5.74) is 0.398. The predicted octanol–water partition coefficient (Wildman–Crippen LogP) is 3.73. The number of likely N-dealkylation sites (N-methyl/N-ethyl adjacent to an activating group) is 1. The van der Waals surface area contributed by atoms with Gasteiger partial charge in [0.25, 0.3) is 0 Å². The van der Waals surface area contributed by atoms with Crippen molar-refractivity contribution in [2.45, 2.75) is 71.7 Å². The van der Waals surface area contributed by atoms with E-state index in [-0.39, 0.29) is 24.4 Å². The Morgan fingerprint density at radius 3 is 2.33 bits per heavy atom. The molecule has 0 bridgehead atoms. The van der Waals surface area contributed by atoms with E-state index in [0.717, 1.165) is 0 Å². The molecule has 3 amide bonds. The molecule has 0 spiro atoms. The Balaban J connectivity index is 3.40. The molecule has 2 atom stereocenters. The lowest BCUT2D eigenvalue weighted by Gasteiger charge is -2.34. The maximum absolute atomic E-state index is 13.7. The number of hydrogen-bond acceptors (Lipinski definition) is 5. The van der Waals surface area contributed by atoms with E-state index in [1.54, 1.807) is 63.7 Å². The third-order valence-corrected chi connectivity index (χ3v) is 5.27. The fraction of sp³-hybridized carbons (Fsp3) is 0.560. The Hall–Kier alpha value is -2.66. The van der Waals surface area contributed by atoms with E-state index < -0.39 is 23.8 Å². The lowest BCUT2D eigenvalue weighted by Crippen LogP contribution is -2.53. The van der Waals surface area contributed by atoms with Crippen LogP contribution in [0.3, 0.4) is 0 Å². The molecule has 0 aromatic heterocycles. The Bertz CT molecular complexity index is 858. The zero-order valence-corrected chi connectivity index (χ0v) is 21.5. The van der Waals surface area contributed by atoms with Crippen molar-refractivity contribution in [2.75, 3.05) is 18.6 Å². The molecule has 182 valence electrons. The van der Waals surface area contributed by atoms with Gasteiger partial charge in [-0.2, -0.15) is 11.8 Å². The van der Waals surface area contributed by atoms with Crippen molar-refractivity contribution in [3.8, 4) is 12.3 Å².